The molecule has 0 radical (unpaired) electrons. The summed E-state index contributed by atoms with van der Waals surface area (Å²) in [5, 5.41) is 9.43. The molecule has 4 aromatic rings. The van der Waals surface area contributed by atoms with Gasteiger partial charge in [-0.1, -0.05) is 54.2 Å². The SMILES string of the molecule is COc1cccc(CSc2nnc(-c3ccccc3F)n2-c2ccccc2C)c1. The first-order valence-electron chi connectivity index (χ1n) is 9.19. The van der Waals surface area contributed by atoms with Crippen LogP contribution in [-0.4, -0.2) is 21.9 Å². The van der Waals surface area contributed by atoms with Crippen LogP contribution in [-0.2, 0) is 5.75 Å². The molecule has 146 valence electrons. The molecule has 3 aromatic carbocycles. The number of thioether (sulfide) groups is 1. The number of aromatic nitrogens is 3. The number of ether oxygens (including phenoxy) is 1. The molecule has 0 atom stereocenters. The molecule has 0 bridgehead atoms. The smallest absolute Gasteiger partial charge is 0.196 e. The standard InChI is InChI=1S/C23H20FN3OS/c1-16-8-3-6-13-21(16)27-22(19-11-4-5-12-20(19)24)25-26-23(27)29-15-17-9-7-10-18(14-17)28-2/h3-14H,15H2,1-2H3. The average Bonchev–Trinajstić information content (AvgIpc) is 3.16. The summed E-state index contributed by atoms with van der Waals surface area (Å²) in [6.45, 7) is 2.02. The summed E-state index contributed by atoms with van der Waals surface area (Å²) in [5.74, 6) is 1.68. The van der Waals surface area contributed by atoms with Crippen molar-refractivity contribution >= 4 is 11.8 Å². The second-order valence-electron chi connectivity index (χ2n) is 6.55. The van der Waals surface area contributed by atoms with Gasteiger partial charge in [0.25, 0.3) is 0 Å². The Morgan fingerprint density at radius 3 is 2.55 bits per heavy atom. The third kappa shape index (κ3) is 4.03. The van der Waals surface area contributed by atoms with Gasteiger partial charge < -0.3 is 4.74 Å². The lowest BCUT2D eigenvalue weighted by molar-refractivity contribution is 0.414. The molecule has 4 nitrogen and oxygen atoms in total. The first kappa shape index (κ1) is 19.2. The molecule has 0 aliphatic rings. The molecule has 0 aliphatic carbocycles. The van der Waals surface area contributed by atoms with Gasteiger partial charge in [-0.2, -0.15) is 0 Å². The van der Waals surface area contributed by atoms with E-state index in [1.54, 1.807) is 37.1 Å². The van der Waals surface area contributed by atoms with E-state index in [4.69, 9.17) is 4.74 Å². The van der Waals surface area contributed by atoms with Crippen molar-refractivity contribution in [3.05, 3.63) is 89.7 Å². The van der Waals surface area contributed by atoms with E-state index in [1.807, 2.05) is 60.0 Å². The number of hydrogen-bond acceptors (Lipinski definition) is 4. The van der Waals surface area contributed by atoms with Crippen molar-refractivity contribution in [2.45, 2.75) is 17.8 Å². The summed E-state index contributed by atoms with van der Waals surface area (Å²) < 4.78 is 21.7. The molecule has 1 heterocycles. The van der Waals surface area contributed by atoms with E-state index < -0.39 is 0 Å². The Morgan fingerprint density at radius 1 is 0.966 bits per heavy atom. The Bertz CT molecular complexity index is 1140. The van der Waals surface area contributed by atoms with Gasteiger partial charge in [0.2, 0.25) is 0 Å². The Hall–Kier alpha value is -3.12. The van der Waals surface area contributed by atoms with E-state index in [9.17, 15) is 4.39 Å². The van der Waals surface area contributed by atoms with E-state index in [0.29, 0.717) is 22.3 Å². The van der Waals surface area contributed by atoms with E-state index in [-0.39, 0.29) is 5.82 Å². The molecule has 4 rings (SSSR count). The van der Waals surface area contributed by atoms with Crippen LogP contribution < -0.4 is 4.74 Å². The summed E-state index contributed by atoms with van der Waals surface area (Å²) in [6.07, 6.45) is 0. The van der Waals surface area contributed by atoms with Crippen molar-refractivity contribution in [1.82, 2.24) is 14.8 Å². The normalized spacial score (nSPS) is 10.9. The van der Waals surface area contributed by atoms with Gasteiger partial charge in [0, 0.05) is 5.75 Å². The second kappa shape index (κ2) is 8.49. The minimum atomic E-state index is -0.320. The number of hydrogen-bond donors (Lipinski definition) is 0. The van der Waals surface area contributed by atoms with Crippen molar-refractivity contribution in [1.29, 1.82) is 0 Å². The maximum atomic E-state index is 14.5. The number of aryl methyl sites for hydroxylation is 1. The minimum Gasteiger partial charge on any atom is -0.497 e. The molecule has 0 amide bonds. The summed E-state index contributed by atoms with van der Waals surface area (Å²) in [4.78, 5) is 0. The van der Waals surface area contributed by atoms with Gasteiger partial charge in [-0.25, -0.2) is 4.39 Å². The van der Waals surface area contributed by atoms with Crippen molar-refractivity contribution < 1.29 is 9.13 Å². The Balaban J connectivity index is 1.76. The lowest BCUT2D eigenvalue weighted by Gasteiger charge is -2.13. The number of halogens is 1. The predicted molar refractivity (Wildman–Crippen MR) is 114 cm³/mol. The summed E-state index contributed by atoms with van der Waals surface area (Å²) in [6, 6.07) is 22.5. The van der Waals surface area contributed by atoms with Crippen molar-refractivity contribution in [2.24, 2.45) is 0 Å². The van der Waals surface area contributed by atoms with E-state index in [1.165, 1.54) is 6.07 Å². The topological polar surface area (TPSA) is 39.9 Å². The minimum absolute atomic E-state index is 0.320. The van der Waals surface area contributed by atoms with Crippen molar-refractivity contribution in [3.8, 4) is 22.8 Å². The third-order valence-electron chi connectivity index (χ3n) is 4.61. The lowest BCUT2D eigenvalue weighted by Crippen LogP contribution is -2.03. The van der Waals surface area contributed by atoms with Crippen LogP contribution in [0.4, 0.5) is 4.39 Å². The zero-order valence-electron chi connectivity index (χ0n) is 16.2. The summed E-state index contributed by atoms with van der Waals surface area (Å²) in [5.41, 5.74) is 3.54. The molecular formula is C23H20FN3OS. The fraction of sp³-hybridized carbons (Fsp3) is 0.130. The van der Waals surface area contributed by atoms with Gasteiger partial charge >= 0.3 is 0 Å². The molecule has 29 heavy (non-hydrogen) atoms. The maximum Gasteiger partial charge on any atom is 0.196 e. The van der Waals surface area contributed by atoms with Crippen molar-refractivity contribution in [2.75, 3.05) is 7.11 Å². The Morgan fingerprint density at radius 2 is 1.76 bits per heavy atom. The molecule has 1 aromatic heterocycles. The number of methoxy groups -OCH3 is 1. The highest BCUT2D eigenvalue weighted by atomic mass is 32.2. The van der Waals surface area contributed by atoms with Crippen LogP contribution in [0.5, 0.6) is 5.75 Å². The molecule has 0 aliphatic heterocycles. The van der Waals surface area contributed by atoms with Gasteiger partial charge in [-0.15, -0.1) is 10.2 Å². The molecule has 0 unspecified atom stereocenters. The average molecular weight is 405 g/mol. The van der Waals surface area contributed by atoms with E-state index in [0.717, 1.165) is 22.6 Å². The molecule has 0 N–H and O–H groups in total. The molecule has 0 fully saturated rings. The number of benzene rings is 3. The second-order valence-corrected chi connectivity index (χ2v) is 7.49. The molecular weight excluding hydrogens is 385 g/mol. The molecule has 6 heteroatoms. The van der Waals surface area contributed by atoms with Crippen LogP contribution >= 0.6 is 11.8 Å². The zero-order valence-corrected chi connectivity index (χ0v) is 17.0. The Kier molecular flexibility index (Phi) is 5.62. The van der Waals surface area contributed by atoms with Gasteiger partial charge in [-0.3, -0.25) is 4.57 Å². The van der Waals surface area contributed by atoms with Gasteiger partial charge in [0.05, 0.1) is 18.4 Å². The molecule has 0 saturated heterocycles. The first-order valence-corrected chi connectivity index (χ1v) is 10.2. The quantitative estimate of drug-likeness (QED) is 0.387. The number of nitrogens with zero attached hydrogens (tertiary/aromatic N) is 3. The highest BCUT2D eigenvalue weighted by molar-refractivity contribution is 7.98. The maximum absolute atomic E-state index is 14.5. The van der Waals surface area contributed by atoms with Crippen LogP contribution in [0.1, 0.15) is 11.1 Å². The lowest BCUT2D eigenvalue weighted by atomic mass is 10.1. The highest BCUT2D eigenvalue weighted by Gasteiger charge is 2.19. The van der Waals surface area contributed by atoms with Crippen LogP contribution in [0.25, 0.3) is 17.1 Å². The fourth-order valence-electron chi connectivity index (χ4n) is 3.12. The van der Waals surface area contributed by atoms with Gasteiger partial charge in [0.1, 0.15) is 11.6 Å². The predicted octanol–water partition coefficient (Wildman–Crippen LogP) is 5.68. The molecule has 0 spiro atoms. The van der Waals surface area contributed by atoms with Crippen LogP contribution in [0.3, 0.4) is 0 Å². The van der Waals surface area contributed by atoms with E-state index in [2.05, 4.69) is 10.2 Å². The monoisotopic (exact) mass is 405 g/mol. The van der Waals surface area contributed by atoms with Crippen molar-refractivity contribution in [3.63, 3.8) is 0 Å². The summed E-state index contributed by atoms with van der Waals surface area (Å²) in [7, 11) is 1.65. The fourth-order valence-corrected chi connectivity index (χ4v) is 4.01. The van der Waals surface area contributed by atoms with Gasteiger partial charge in [-0.05, 0) is 48.4 Å². The van der Waals surface area contributed by atoms with Crippen LogP contribution in [0.2, 0.25) is 0 Å². The van der Waals surface area contributed by atoms with Crippen LogP contribution in [0.15, 0.2) is 78.0 Å². The highest BCUT2D eigenvalue weighted by Crippen LogP contribution is 2.32. The van der Waals surface area contributed by atoms with E-state index >= 15 is 0 Å². The third-order valence-corrected chi connectivity index (χ3v) is 5.61. The van der Waals surface area contributed by atoms with Gasteiger partial charge in [0.15, 0.2) is 11.0 Å². The summed E-state index contributed by atoms with van der Waals surface area (Å²) >= 11 is 1.56. The Labute approximate surface area is 173 Å². The number of para-hydroxylation sites is 1. The largest absolute Gasteiger partial charge is 0.497 e. The zero-order chi connectivity index (χ0) is 20.2. The van der Waals surface area contributed by atoms with Crippen LogP contribution in [0, 0.1) is 12.7 Å². The number of rotatable bonds is 6. The first-order chi connectivity index (χ1) is 14.2. The molecule has 0 saturated carbocycles.